The molecule has 0 saturated heterocycles. The van der Waals surface area contributed by atoms with Crippen LogP contribution >= 0.6 is 0 Å². The van der Waals surface area contributed by atoms with Gasteiger partial charge in [-0.05, 0) is 13.8 Å². The van der Waals surface area contributed by atoms with Crippen LogP contribution in [0.2, 0.25) is 0 Å². The fourth-order valence-electron chi connectivity index (χ4n) is 2.51. The normalized spacial score (nSPS) is 12.5. The minimum atomic E-state index is -1.66. The van der Waals surface area contributed by atoms with Gasteiger partial charge in [0.1, 0.15) is 0 Å². The van der Waals surface area contributed by atoms with E-state index in [9.17, 15) is 15.0 Å². The number of aromatic nitrogens is 3. The lowest BCUT2D eigenvalue weighted by Gasteiger charge is -2.16. The van der Waals surface area contributed by atoms with Gasteiger partial charge in [0.25, 0.3) is 0 Å². The Kier molecular flexibility index (Phi) is 3.38. The second-order valence-corrected chi connectivity index (χ2v) is 5.17. The Morgan fingerprint density at radius 3 is 2.50 bits per heavy atom. The van der Waals surface area contributed by atoms with Crippen LogP contribution in [-0.4, -0.2) is 30.8 Å². The van der Waals surface area contributed by atoms with Crippen LogP contribution in [0.25, 0.3) is 16.9 Å². The van der Waals surface area contributed by atoms with Crippen molar-refractivity contribution in [1.82, 2.24) is 14.6 Å². The molecular weight excluding hydrogens is 282 g/mol. The Hall–Kier alpha value is -2.73. The third-order valence-corrected chi connectivity index (χ3v) is 3.59. The lowest BCUT2D eigenvalue weighted by Crippen LogP contribution is -2.16. The van der Waals surface area contributed by atoms with Crippen LogP contribution in [0.3, 0.4) is 0 Å². The first-order chi connectivity index (χ1) is 10.5. The quantitative estimate of drug-likeness (QED) is 0.773. The molecule has 2 N–H and O–H groups in total. The lowest BCUT2D eigenvalue weighted by atomic mass is 9.99. The number of benzene rings is 1. The first kappa shape index (κ1) is 14.2. The molecule has 0 amide bonds. The van der Waals surface area contributed by atoms with Gasteiger partial charge in [0.2, 0.25) is 0 Å². The number of carbonyl (C=O) groups is 1. The topological polar surface area (TPSA) is 87.7 Å². The van der Waals surface area contributed by atoms with E-state index >= 15 is 0 Å². The van der Waals surface area contributed by atoms with Gasteiger partial charge in [-0.3, -0.25) is 0 Å². The second-order valence-electron chi connectivity index (χ2n) is 5.17. The average molecular weight is 297 g/mol. The van der Waals surface area contributed by atoms with Crippen molar-refractivity contribution in [2.45, 2.75) is 20.0 Å². The summed E-state index contributed by atoms with van der Waals surface area (Å²) in [4.78, 5) is 15.6. The maximum absolute atomic E-state index is 11.3. The Labute approximate surface area is 126 Å². The molecule has 22 heavy (non-hydrogen) atoms. The summed E-state index contributed by atoms with van der Waals surface area (Å²) in [6, 6.07) is 9.35. The molecule has 0 saturated carbocycles. The Bertz CT molecular complexity index is 853. The van der Waals surface area contributed by atoms with Crippen molar-refractivity contribution in [3.63, 3.8) is 0 Å². The van der Waals surface area contributed by atoms with E-state index in [4.69, 9.17) is 0 Å². The van der Waals surface area contributed by atoms with Crippen LogP contribution in [-0.2, 0) is 4.79 Å². The molecule has 0 aliphatic carbocycles. The fraction of sp³-hybridized carbons (Fsp3) is 0.188. The summed E-state index contributed by atoms with van der Waals surface area (Å²) in [5, 5.41) is 23.5. The smallest absolute Gasteiger partial charge is 0.337 e. The molecule has 1 atom stereocenters. The first-order valence-corrected chi connectivity index (χ1v) is 6.81. The average Bonchev–Trinajstić information content (AvgIpc) is 2.93. The van der Waals surface area contributed by atoms with E-state index in [2.05, 4.69) is 10.1 Å². The van der Waals surface area contributed by atoms with E-state index in [-0.39, 0.29) is 5.56 Å². The fourth-order valence-corrected chi connectivity index (χ4v) is 2.51. The molecule has 0 fully saturated rings. The number of nitrogens with zero attached hydrogens (tertiary/aromatic N) is 3. The third-order valence-electron chi connectivity index (χ3n) is 3.59. The number of aliphatic carboxylic acids is 1. The van der Waals surface area contributed by atoms with Crippen LogP contribution in [0, 0.1) is 13.8 Å². The highest BCUT2D eigenvalue weighted by Gasteiger charge is 2.26. The third kappa shape index (κ3) is 2.23. The SMILES string of the molecule is Cc1ccc(-c2c(C(O)C(=O)O)c(C)nc3ccnn23)cc1. The molecule has 1 aromatic carbocycles. The van der Waals surface area contributed by atoms with Crippen molar-refractivity contribution in [2.75, 3.05) is 0 Å². The molecule has 0 radical (unpaired) electrons. The van der Waals surface area contributed by atoms with Crippen LogP contribution in [0.15, 0.2) is 36.5 Å². The van der Waals surface area contributed by atoms with E-state index in [0.717, 1.165) is 11.1 Å². The van der Waals surface area contributed by atoms with Gasteiger partial charge in [0.05, 0.1) is 11.9 Å². The van der Waals surface area contributed by atoms with Crippen LogP contribution in [0.5, 0.6) is 0 Å². The predicted octanol–water partition coefficient (Wildman–Crippen LogP) is 2.13. The number of rotatable bonds is 3. The number of hydrogen-bond acceptors (Lipinski definition) is 4. The largest absolute Gasteiger partial charge is 0.479 e. The Morgan fingerprint density at radius 2 is 1.86 bits per heavy atom. The molecule has 0 bridgehead atoms. The van der Waals surface area contributed by atoms with Crippen molar-refractivity contribution < 1.29 is 15.0 Å². The predicted molar refractivity (Wildman–Crippen MR) is 80.5 cm³/mol. The van der Waals surface area contributed by atoms with Crippen molar-refractivity contribution in [3.8, 4) is 11.3 Å². The number of aliphatic hydroxyl groups excluding tert-OH is 1. The molecule has 0 aliphatic rings. The molecule has 6 nitrogen and oxygen atoms in total. The van der Waals surface area contributed by atoms with Gasteiger partial charge < -0.3 is 10.2 Å². The molecule has 0 spiro atoms. The summed E-state index contributed by atoms with van der Waals surface area (Å²) in [7, 11) is 0. The second kappa shape index (κ2) is 5.23. The van der Waals surface area contributed by atoms with Gasteiger partial charge in [-0.25, -0.2) is 14.3 Å². The monoisotopic (exact) mass is 297 g/mol. The summed E-state index contributed by atoms with van der Waals surface area (Å²) < 4.78 is 1.55. The van der Waals surface area contributed by atoms with Gasteiger partial charge in [-0.1, -0.05) is 29.8 Å². The van der Waals surface area contributed by atoms with E-state index in [1.54, 1.807) is 23.7 Å². The first-order valence-electron chi connectivity index (χ1n) is 6.81. The van der Waals surface area contributed by atoms with Gasteiger partial charge in [-0.15, -0.1) is 0 Å². The van der Waals surface area contributed by atoms with Gasteiger partial charge in [0, 0.05) is 22.9 Å². The van der Waals surface area contributed by atoms with Gasteiger partial charge in [0.15, 0.2) is 11.8 Å². The maximum atomic E-state index is 11.3. The minimum absolute atomic E-state index is 0.257. The number of fused-ring (bicyclic) bond motifs is 1. The van der Waals surface area contributed by atoms with E-state index < -0.39 is 12.1 Å². The molecule has 2 aromatic heterocycles. The standard InChI is InChI=1S/C16H15N3O3/c1-9-3-5-11(6-4-9)14-13(15(20)16(21)22)10(2)18-12-7-8-17-19(12)14/h3-8,15,20H,1-2H3,(H,21,22). The van der Waals surface area contributed by atoms with Gasteiger partial charge >= 0.3 is 5.97 Å². The lowest BCUT2D eigenvalue weighted by molar-refractivity contribution is -0.147. The van der Waals surface area contributed by atoms with Crippen molar-refractivity contribution >= 4 is 11.6 Å². The van der Waals surface area contributed by atoms with E-state index in [0.29, 0.717) is 17.0 Å². The maximum Gasteiger partial charge on any atom is 0.337 e. The summed E-state index contributed by atoms with van der Waals surface area (Å²) in [5.41, 5.74) is 3.74. The van der Waals surface area contributed by atoms with Crippen LogP contribution in [0.4, 0.5) is 0 Å². The molecular formula is C16H15N3O3. The number of aryl methyl sites for hydroxylation is 2. The molecule has 1 unspecified atom stereocenters. The zero-order chi connectivity index (χ0) is 15.9. The highest BCUT2D eigenvalue weighted by molar-refractivity contribution is 5.79. The molecule has 3 aromatic rings. The van der Waals surface area contributed by atoms with Crippen molar-refractivity contribution in [1.29, 1.82) is 0 Å². The van der Waals surface area contributed by atoms with Crippen LogP contribution in [0.1, 0.15) is 22.9 Å². The molecule has 2 heterocycles. The number of hydrogen-bond donors (Lipinski definition) is 2. The zero-order valence-electron chi connectivity index (χ0n) is 12.2. The number of carboxylic acid groups (broad SMARTS) is 1. The Balaban J connectivity index is 2.38. The Morgan fingerprint density at radius 1 is 1.18 bits per heavy atom. The van der Waals surface area contributed by atoms with E-state index in [1.165, 1.54) is 0 Å². The summed E-state index contributed by atoms with van der Waals surface area (Å²) in [6.07, 6.45) is -0.0615. The minimum Gasteiger partial charge on any atom is -0.479 e. The van der Waals surface area contributed by atoms with Crippen LogP contribution < -0.4 is 0 Å². The van der Waals surface area contributed by atoms with Crippen molar-refractivity contribution in [3.05, 3.63) is 53.3 Å². The molecule has 6 heteroatoms. The molecule has 0 aliphatic heterocycles. The van der Waals surface area contributed by atoms with Crippen molar-refractivity contribution in [2.24, 2.45) is 0 Å². The number of carboxylic acids is 1. The van der Waals surface area contributed by atoms with E-state index in [1.807, 2.05) is 31.2 Å². The molecule has 3 rings (SSSR count). The van der Waals surface area contributed by atoms with Gasteiger partial charge in [-0.2, -0.15) is 5.10 Å². The molecule has 112 valence electrons. The summed E-state index contributed by atoms with van der Waals surface area (Å²) in [6.45, 7) is 3.66. The zero-order valence-corrected chi connectivity index (χ0v) is 12.2. The highest BCUT2D eigenvalue weighted by atomic mass is 16.4. The number of aliphatic hydroxyl groups is 1. The summed E-state index contributed by atoms with van der Waals surface area (Å²) >= 11 is 0. The summed E-state index contributed by atoms with van der Waals surface area (Å²) in [5.74, 6) is -1.32. The highest BCUT2D eigenvalue weighted by Crippen LogP contribution is 2.31.